The fourth-order valence-electron chi connectivity index (χ4n) is 6.13. The highest BCUT2D eigenvalue weighted by Gasteiger charge is 2.79. The van der Waals surface area contributed by atoms with E-state index in [1.807, 2.05) is 0 Å². The average molecular weight is 512 g/mol. The zero-order valence-electron chi connectivity index (χ0n) is 20.1. The molecule has 36 heavy (non-hydrogen) atoms. The molecule has 2 aliphatic carbocycles. The van der Waals surface area contributed by atoms with Gasteiger partial charge in [-0.25, -0.2) is 9.59 Å². The number of hydrogen-bond donors (Lipinski definition) is 2. The molecule has 2 saturated carbocycles. The van der Waals surface area contributed by atoms with Crippen molar-refractivity contribution in [1.82, 2.24) is 0 Å². The second-order valence-electron chi connectivity index (χ2n) is 9.61. The van der Waals surface area contributed by atoms with Gasteiger partial charge in [0.05, 0.1) is 0 Å². The van der Waals surface area contributed by atoms with E-state index in [1.165, 1.54) is 0 Å². The van der Waals surface area contributed by atoms with Crippen LogP contribution in [0, 0.1) is 11.8 Å². The Hall–Kier alpha value is -3.26. The molecule has 4 aliphatic rings. The van der Waals surface area contributed by atoms with Crippen LogP contribution in [0.5, 0.6) is 0 Å². The molecule has 198 valence electrons. The highest BCUT2D eigenvalue weighted by Crippen LogP contribution is 2.55. The lowest BCUT2D eigenvalue weighted by molar-refractivity contribution is -0.175. The lowest BCUT2D eigenvalue weighted by Gasteiger charge is -2.40. The Morgan fingerprint density at radius 1 is 0.667 bits per heavy atom. The minimum absolute atomic E-state index is 0.102. The molecule has 0 aromatic heterocycles. The van der Waals surface area contributed by atoms with Gasteiger partial charge in [0.1, 0.15) is 24.4 Å². The minimum Gasteiger partial charge on any atom is -0.458 e. The van der Waals surface area contributed by atoms with Crippen molar-refractivity contribution in [3.05, 3.63) is 0 Å². The summed E-state index contributed by atoms with van der Waals surface area (Å²) in [5.74, 6) is -6.86. The summed E-state index contributed by atoms with van der Waals surface area (Å²) in [7, 11) is 0. The molecule has 4 rings (SSSR count). The third-order valence-electron chi connectivity index (χ3n) is 7.40. The van der Waals surface area contributed by atoms with Crippen molar-refractivity contribution in [2.75, 3.05) is 0 Å². The minimum atomic E-state index is -2.20. The maximum atomic E-state index is 13.3. The molecule has 10 atom stereocenters. The number of esters is 6. The SMILES string of the molecule is CC(=O)O[C@H]1[C@@H]2OC(=O)C(N)(C3(N)C(=O)O[C@H]4[C@H](OC(C)=O)[C@H](OC(C)=O)C[C@H]43)[C@@H]2C[C@H]1OC(C)=O. The summed E-state index contributed by atoms with van der Waals surface area (Å²) in [6, 6.07) is 0. The third kappa shape index (κ3) is 3.70. The van der Waals surface area contributed by atoms with Crippen molar-refractivity contribution in [1.29, 1.82) is 0 Å². The molecular formula is C22H28N2O12. The van der Waals surface area contributed by atoms with E-state index in [4.69, 9.17) is 39.9 Å². The molecule has 0 spiro atoms. The Labute approximate surface area is 205 Å². The van der Waals surface area contributed by atoms with Gasteiger partial charge in [0.15, 0.2) is 23.3 Å². The van der Waals surface area contributed by atoms with Crippen LogP contribution in [0.25, 0.3) is 0 Å². The van der Waals surface area contributed by atoms with Crippen molar-refractivity contribution < 1.29 is 57.2 Å². The predicted octanol–water partition coefficient (Wildman–Crippen LogP) is -2.00. The van der Waals surface area contributed by atoms with Crippen LogP contribution in [0.1, 0.15) is 40.5 Å². The van der Waals surface area contributed by atoms with Crippen molar-refractivity contribution in [2.45, 2.75) is 88.2 Å². The van der Waals surface area contributed by atoms with Gasteiger partial charge in [-0.15, -0.1) is 0 Å². The highest BCUT2D eigenvalue weighted by atomic mass is 16.6. The lowest BCUT2D eigenvalue weighted by atomic mass is 9.64. The van der Waals surface area contributed by atoms with Crippen LogP contribution in [0.3, 0.4) is 0 Å². The summed E-state index contributed by atoms with van der Waals surface area (Å²) in [5, 5.41) is 0. The first-order valence-electron chi connectivity index (χ1n) is 11.4. The largest absolute Gasteiger partial charge is 0.458 e. The standard InChI is InChI=1S/C22H28N2O12/c1-7(25)31-13-5-11-15(17(13)33-9(3)27)35-19(29)21(11,23)22(24)12-6-14(32-8(2)26)18(34-10(4)28)16(12)36-20(22)30/h11-18H,5-6,23-24H2,1-4H3/t11-,12-,13-,14-,15-,16-,17-,18-,21?,22?/m1/s1. The summed E-state index contributed by atoms with van der Waals surface area (Å²) >= 11 is 0. The Bertz CT molecular complexity index is 950. The smallest absolute Gasteiger partial charge is 0.329 e. The van der Waals surface area contributed by atoms with E-state index in [2.05, 4.69) is 0 Å². The topological polar surface area (TPSA) is 210 Å². The first-order valence-corrected chi connectivity index (χ1v) is 11.4. The molecule has 2 aliphatic heterocycles. The van der Waals surface area contributed by atoms with E-state index in [-0.39, 0.29) is 12.8 Å². The van der Waals surface area contributed by atoms with Crippen molar-refractivity contribution in [2.24, 2.45) is 23.3 Å². The first kappa shape index (κ1) is 25.8. The molecule has 14 nitrogen and oxygen atoms in total. The Morgan fingerprint density at radius 2 is 0.972 bits per heavy atom. The number of rotatable bonds is 5. The van der Waals surface area contributed by atoms with Crippen LogP contribution >= 0.6 is 0 Å². The Morgan fingerprint density at radius 3 is 1.25 bits per heavy atom. The van der Waals surface area contributed by atoms with E-state index >= 15 is 0 Å². The zero-order chi connectivity index (χ0) is 26.7. The molecule has 0 bridgehead atoms. The van der Waals surface area contributed by atoms with E-state index in [0.717, 1.165) is 27.7 Å². The number of nitrogens with two attached hydrogens (primary N) is 2. The molecule has 2 heterocycles. The monoisotopic (exact) mass is 512 g/mol. The van der Waals surface area contributed by atoms with Crippen molar-refractivity contribution in [3.63, 3.8) is 0 Å². The highest BCUT2D eigenvalue weighted by molar-refractivity contribution is 5.98. The molecular weight excluding hydrogens is 484 g/mol. The maximum Gasteiger partial charge on any atom is 0.329 e. The molecule has 0 amide bonds. The summed E-state index contributed by atoms with van der Waals surface area (Å²) in [6.07, 6.45) is -6.89. The molecule has 0 aromatic rings. The summed E-state index contributed by atoms with van der Waals surface area (Å²) in [6.45, 7) is 4.59. The van der Waals surface area contributed by atoms with E-state index in [1.54, 1.807) is 0 Å². The number of ether oxygens (including phenoxy) is 6. The van der Waals surface area contributed by atoms with Gasteiger partial charge in [-0.2, -0.15) is 0 Å². The fourth-order valence-corrected chi connectivity index (χ4v) is 6.13. The Kier molecular flexibility index (Phi) is 6.23. The quantitative estimate of drug-likeness (QED) is 0.301. The number of carbonyl (C=O) groups is 6. The van der Waals surface area contributed by atoms with Gasteiger partial charge < -0.3 is 39.9 Å². The van der Waals surface area contributed by atoms with Crippen LogP contribution in [0.15, 0.2) is 0 Å². The first-order chi connectivity index (χ1) is 16.7. The van der Waals surface area contributed by atoms with Crippen LogP contribution in [0.2, 0.25) is 0 Å². The van der Waals surface area contributed by atoms with Gasteiger partial charge in [-0.05, 0) is 12.8 Å². The maximum absolute atomic E-state index is 13.3. The second kappa shape index (κ2) is 8.69. The summed E-state index contributed by atoms with van der Waals surface area (Å²) < 4.78 is 32.1. The van der Waals surface area contributed by atoms with Gasteiger partial charge in [-0.1, -0.05) is 0 Å². The van der Waals surface area contributed by atoms with Gasteiger partial charge in [0, 0.05) is 39.5 Å². The third-order valence-corrected chi connectivity index (χ3v) is 7.40. The van der Waals surface area contributed by atoms with Gasteiger partial charge >= 0.3 is 35.8 Å². The molecule has 2 unspecified atom stereocenters. The van der Waals surface area contributed by atoms with E-state index < -0.39 is 95.4 Å². The van der Waals surface area contributed by atoms with E-state index in [9.17, 15) is 28.8 Å². The number of fused-ring (bicyclic) bond motifs is 2. The Balaban J connectivity index is 1.72. The molecule has 2 saturated heterocycles. The van der Waals surface area contributed by atoms with Crippen molar-refractivity contribution >= 4 is 35.8 Å². The lowest BCUT2D eigenvalue weighted by Crippen LogP contribution is -2.76. The van der Waals surface area contributed by atoms with Gasteiger partial charge in [0.2, 0.25) is 0 Å². The average Bonchev–Trinajstić information content (AvgIpc) is 3.39. The van der Waals surface area contributed by atoms with Crippen LogP contribution in [0.4, 0.5) is 0 Å². The number of carbonyl (C=O) groups excluding carboxylic acids is 6. The summed E-state index contributed by atoms with van der Waals surface area (Å²) in [5.41, 5.74) is 8.91. The van der Waals surface area contributed by atoms with Gasteiger partial charge in [-0.3, -0.25) is 19.2 Å². The van der Waals surface area contributed by atoms with Gasteiger partial charge in [0.25, 0.3) is 0 Å². The predicted molar refractivity (Wildman–Crippen MR) is 112 cm³/mol. The molecule has 4 N–H and O–H groups in total. The number of hydrogen-bond acceptors (Lipinski definition) is 14. The fraction of sp³-hybridized carbons (Fsp3) is 0.727. The molecule has 0 radical (unpaired) electrons. The molecule has 14 heteroatoms. The van der Waals surface area contributed by atoms with Crippen LogP contribution in [-0.4, -0.2) is 83.5 Å². The molecule has 0 aromatic carbocycles. The van der Waals surface area contributed by atoms with Crippen molar-refractivity contribution in [3.8, 4) is 0 Å². The van der Waals surface area contributed by atoms with Crippen LogP contribution < -0.4 is 11.5 Å². The normalized spacial score (nSPS) is 42.6. The van der Waals surface area contributed by atoms with Crippen LogP contribution in [-0.2, 0) is 57.2 Å². The molecule has 4 fully saturated rings. The second-order valence-corrected chi connectivity index (χ2v) is 9.61. The van der Waals surface area contributed by atoms with E-state index in [0.29, 0.717) is 0 Å². The summed E-state index contributed by atoms with van der Waals surface area (Å²) in [4.78, 5) is 73.3. The zero-order valence-corrected chi connectivity index (χ0v) is 20.1.